The maximum atomic E-state index is 12.1. The van der Waals surface area contributed by atoms with Crippen LogP contribution in [0.5, 0.6) is 0 Å². The molecule has 7 heterocycles. The van der Waals surface area contributed by atoms with Crippen molar-refractivity contribution in [2.24, 2.45) is 23.3 Å². The van der Waals surface area contributed by atoms with Crippen LogP contribution in [0.1, 0.15) is 167 Å². The van der Waals surface area contributed by atoms with Crippen LogP contribution in [0.3, 0.4) is 0 Å². The molecule has 0 saturated carbocycles. The predicted molar refractivity (Wildman–Crippen MR) is 445 cm³/mol. The van der Waals surface area contributed by atoms with E-state index in [-0.39, 0.29) is 238 Å². The number of β-amino-alcohol motifs (C(OH)–C–C–N with tert-alkyl or cyclic N) is 2. The first-order valence-electron chi connectivity index (χ1n) is 37.0. The number of aliphatic hydroxyl groups is 9. The van der Waals surface area contributed by atoms with Gasteiger partial charge in [-0.3, -0.25) is 33.6 Å². The average Bonchev–Trinajstić information content (AvgIpc) is 1.68. The van der Waals surface area contributed by atoms with E-state index in [2.05, 4.69) is 21.3 Å². The van der Waals surface area contributed by atoms with Crippen molar-refractivity contribution in [2.75, 3.05) is 144 Å². The fraction of sp³-hybridized carbons (Fsp3) is 0.824. The Hall–Kier alpha value is -6.26. The molecular formula is C74H148AlCl2LiN12O29. The molecule has 45 heteroatoms. The number of nitrogens with zero attached hydrogens (tertiary/aromatic N) is 6. The van der Waals surface area contributed by atoms with E-state index in [1.165, 1.54) is 37.3 Å². The van der Waals surface area contributed by atoms with Gasteiger partial charge >= 0.3 is 55.2 Å². The summed E-state index contributed by atoms with van der Waals surface area (Å²) in [6, 6.07) is -3.28. The SMILES string of the molecule is C.C.C.C.C1CCOC1.CC(C)(C)OC(=O)NCC(=O)N1CC[C@H](O)[C@@H]1CO.CC(C)(C)OC(=O)NCC(=O)N1C[C@@H](CO)[C@@H](O)C1.CCOC(=O)C1C(=O)CCN1C(=O)CNC(=O)OC(C)(C)C.CCOC(=O)[C@H]1[C@@H](O)CCN1C(=O)CNC(=O)OC(C)(C)C.Cl.Cl.NCC(=O)N1CC[C@H](O)[C@@H]1CO.NCC(=O)N1C[C@@H](CO)[C@@H](O)C1.[AlH3].[H-].[Li+]. The standard InChI is InChI=1S/C14H24N2O6.C14H22N2O6.2C12H22N2O5.2C7H14N2O3.C4H8O.4CH4.Al.2ClH.Li.4H/c2*1-5-21-12(19)11-9(17)6-7-16(11)10(18)8-15-13(20)22-14(2,3)4;1-12(2,3)19-11(18)13-4-10(17)14-5-8(7-15)9(16)6-14;1-12(2,3)19-11(18)13-6-10(17)14-5-4-9(16)8(14)7-15;8-1-7(12)9-2-5(4-10)6(11)3-9;8-3-7(12)9-2-1-6(11)5(9)4-10;1-2-4-5-3-1;;;;;;;;;;;;/h9,11,17H,5-8H2,1-4H3,(H,15,20);11H,5-8H2,1-4H3,(H,15,20);2*8-9,15-16H,4-7H2,1-3H3,(H,13,18);2*5-6,10-11H,1-4,8H2;1-4H2;4*1H4;;2*1H;;;;;/q;;;;;;;;;;;;;;+1;;;;-1/t9-,11+;;2*8-,9-;2*5-,6-;;;;;;;;;;;;;/m0.0000............./s1. The van der Waals surface area contributed by atoms with E-state index in [4.69, 9.17) is 65.1 Å². The molecule has 696 valence electrons. The molecule has 41 nitrogen and oxygen atoms in total. The van der Waals surface area contributed by atoms with Gasteiger partial charge in [-0.05, 0) is 129 Å². The molecule has 0 bridgehead atoms. The molecule has 0 aromatic heterocycles. The Morgan fingerprint density at radius 1 is 0.437 bits per heavy atom. The van der Waals surface area contributed by atoms with E-state index in [0.717, 1.165) is 18.1 Å². The minimum atomic E-state index is -1.21. The fourth-order valence-electron chi connectivity index (χ4n) is 11.2. The number of likely N-dealkylation sites (tertiary alicyclic amines) is 6. The number of rotatable bonds is 18. The number of aliphatic hydroxyl groups excluding tert-OH is 9. The number of carbonyl (C=O) groups is 13. The van der Waals surface area contributed by atoms with Crippen molar-refractivity contribution in [1.82, 2.24) is 50.7 Å². The molecule has 1 unspecified atom stereocenters. The summed E-state index contributed by atoms with van der Waals surface area (Å²) in [5.74, 6) is -4.31. The molecule has 0 spiro atoms. The molecule has 10 amide bonds. The number of carbonyl (C=O) groups excluding carboxylic acids is 13. The summed E-state index contributed by atoms with van der Waals surface area (Å²) in [7, 11) is 0. The number of nitrogens with two attached hydrogens (primary N) is 2. The molecule has 17 N–H and O–H groups in total. The topological polar surface area (TPSA) is 588 Å². The molecule has 7 aliphatic rings. The molecule has 7 fully saturated rings. The molecule has 0 aromatic carbocycles. The van der Waals surface area contributed by atoms with Gasteiger partial charge in [0.25, 0.3) is 0 Å². The Morgan fingerprint density at radius 2 is 0.748 bits per heavy atom. The van der Waals surface area contributed by atoms with Crippen LogP contribution < -0.4 is 51.6 Å². The molecule has 11 atom stereocenters. The van der Waals surface area contributed by atoms with Crippen LogP contribution in [0, 0.1) is 11.8 Å². The van der Waals surface area contributed by atoms with Gasteiger partial charge in [-0.25, -0.2) is 28.8 Å². The summed E-state index contributed by atoms with van der Waals surface area (Å²) in [6.07, 6.45) is -2.46. The third kappa shape index (κ3) is 49.6. The third-order valence-electron chi connectivity index (χ3n) is 16.6. The van der Waals surface area contributed by atoms with E-state index >= 15 is 0 Å². The number of hydrogen-bond donors (Lipinski definition) is 15. The number of hydrogen-bond acceptors (Lipinski definition) is 31. The van der Waals surface area contributed by atoms with Gasteiger partial charge in [0.1, 0.15) is 48.6 Å². The van der Waals surface area contributed by atoms with E-state index in [1.54, 1.807) is 96.9 Å². The Bertz CT molecular complexity index is 2990. The average molecular weight is 1770 g/mol. The van der Waals surface area contributed by atoms with E-state index < -0.39 is 125 Å². The van der Waals surface area contributed by atoms with Gasteiger partial charge in [-0.1, -0.05) is 29.7 Å². The number of alkyl carbamates (subject to hydrolysis) is 4. The first-order valence-corrected chi connectivity index (χ1v) is 37.0. The van der Waals surface area contributed by atoms with Crippen molar-refractivity contribution < 1.29 is 162 Å². The van der Waals surface area contributed by atoms with Crippen LogP contribution in [0.25, 0.3) is 0 Å². The molecule has 7 saturated heterocycles. The van der Waals surface area contributed by atoms with Crippen LogP contribution >= 0.6 is 24.8 Å². The van der Waals surface area contributed by atoms with Crippen molar-refractivity contribution in [3.63, 3.8) is 0 Å². The maximum Gasteiger partial charge on any atom is 1.00 e. The van der Waals surface area contributed by atoms with Crippen LogP contribution in [-0.4, -0.2) is 392 Å². The normalized spacial score (nSPS) is 21.7. The molecule has 0 radical (unpaired) electrons. The van der Waals surface area contributed by atoms with Crippen LogP contribution in [0.15, 0.2) is 0 Å². The summed E-state index contributed by atoms with van der Waals surface area (Å²) in [4.78, 5) is 159. The second-order valence-corrected chi connectivity index (χ2v) is 30.3. The zero-order chi connectivity index (χ0) is 84.9. The number of nitrogens with one attached hydrogen (secondary N) is 4. The summed E-state index contributed by atoms with van der Waals surface area (Å²) >= 11 is 0. The number of halogens is 2. The molecular weight excluding hydrogens is 1630 g/mol. The summed E-state index contributed by atoms with van der Waals surface area (Å²) in [5.41, 5.74) is 7.74. The van der Waals surface area contributed by atoms with Crippen LogP contribution in [0.2, 0.25) is 0 Å². The van der Waals surface area contributed by atoms with Gasteiger partial charge in [0.15, 0.2) is 35.2 Å². The molecule has 7 rings (SSSR count). The van der Waals surface area contributed by atoms with Gasteiger partial charge < -0.3 is 143 Å². The predicted octanol–water partition coefficient (Wildman–Crippen LogP) is -5.16. The van der Waals surface area contributed by atoms with Gasteiger partial charge in [-0.2, -0.15) is 0 Å². The largest absolute Gasteiger partial charge is 1.00 e. The maximum absolute atomic E-state index is 12.1. The minimum Gasteiger partial charge on any atom is -1.00 e. The smallest absolute Gasteiger partial charge is 1.00 e. The fourth-order valence-corrected chi connectivity index (χ4v) is 11.2. The Morgan fingerprint density at radius 3 is 1.06 bits per heavy atom. The molecule has 0 aromatic rings. The second kappa shape index (κ2) is 63.6. The van der Waals surface area contributed by atoms with Gasteiger partial charge in [0.05, 0.1) is 95.3 Å². The second-order valence-electron chi connectivity index (χ2n) is 30.3. The van der Waals surface area contributed by atoms with E-state index in [0.29, 0.717) is 52.0 Å². The van der Waals surface area contributed by atoms with E-state index in [9.17, 15) is 87.9 Å². The molecule has 7 aliphatic heterocycles. The van der Waals surface area contributed by atoms with Crippen molar-refractivity contribution in [3.05, 3.63) is 0 Å². The van der Waals surface area contributed by atoms with Gasteiger partial charge in [0.2, 0.25) is 35.4 Å². The van der Waals surface area contributed by atoms with E-state index in [1.807, 2.05) is 0 Å². The first-order chi connectivity index (χ1) is 51.7. The van der Waals surface area contributed by atoms with Crippen molar-refractivity contribution in [2.45, 2.75) is 242 Å². The Kier molecular flexibility index (Phi) is 68.6. The summed E-state index contributed by atoms with van der Waals surface area (Å²) in [5, 5.41) is 92.7. The summed E-state index contributed by atoms with van der Waals surface area (Å²) in [6.45, 7) is 26.7. The molecule has 119 heavy (non-hydrogen) atoms. The number of Topliss-reactive ketones (excluding diaryl/α,β-unsaturated/α-hetero) is 1. The number of esters is 2. The zero-order valence-electron chi connectivity index (χ0n) is 69.5. The van der Waals surface area contributed by atoms with Gasteiger partial charge in [-0.15, -0.1) is 24.8 Å². The third-order valence-corrected chi connectivity index (χ3v) is 16.6. The number of amides is 10. The Labute approximate surface area is 738 Å². The van der Waals surface area contributed by atoms with Crippen LogP contribution in [0.4, 0.5) is 19.2 Å². The summed E-state index contributed by atoms with van der Waals surface area (Å²) < 4.78 is 34.6. The zero-order valence-corrected chi connectivity index (χ0v) is 70.1. The monoisotopic (exact) mass is 1770 g/mol. The van der Waals surface area contributed by atoms with Crippen molar-refractivity contribution in [3.8, 4) is 0 Å². The minimum absolute atomic E-state index is 0. The first kappa shape index (κ1) is 128. The van der Waals surface area contributed by atoms with Crippen LogP contribution in [-0.2, 0) is 76.3 Å². The quantitative estimate of drug-likeness (QED) is 0.0264. The van der Waals surface area contributed by atoms with Crippen molar-refractivity contribution >= 4 is 120 Å². The number of ketones is 1. The Balaban J connectivity index is -0.000000173. The number of ether oxygens (including phenoxy) is 7. The van der Waals surface area contributed by atoms with Gasteiger partial charge in [0, 0.05) is 83.8 Å². The van der Waals surface area contributed by atoms with Crippen molar-refractivity contribution in [1.29, 1.82) is 0 Å². The molecule has 0 aliphatic carbocycles.